The van der Waals surface area contributed by atoms with E-state index in [0.29, 0.717) is 6.04 Å². The Balaban J connectivity index is 1.92. The first-order valence-corrected chi connectivity index (χ1v) is 7.43. The summed E-state index contributed by atoms with van der Waals surface area (Å²) in [6.45, 7) is 4.72. The molecule has 2 heterocycles. The van der Waals surface area contributed by atoms with Gasteiger partial charge in [-0.05, 0) is 45.0 Å². The van der Waals surface area contributed by atoms with Gasteiger partial charge in [0.25, 0.3) is 0 Å². The fourth-order valence-electron chi connectivity index (χ4n) is 3.18. The van der Waals surface area contributed by atoms with Gasteiger partial charge in [0, 0.05) is 7.05 Å². The van der Waals surface area contributed by atoms with Crippen molar-refractivity contribution < 1.29 is 0 Å². The second-order valence-electron chi connectivity index (χ2n) is 5.64. The zero-order valence-corrected chi connectivity index (χ0v) is 12.0. The third-order valence-electron chi connectivity index (χ3n) is 4.38. The van der Waals surface area contributed by atoms with Crippen LogP contribution in [0.5, 0.6) is 0 Å². The molecule has 0 radical (unpaired) electrons. The monoisotopic (exact) mass is 257 g/mol. The topological polar surface area (TPSA) is 21.1 Å². The molecule has 1 aromatic carbocycles. The van der Waals surface area contributed by atoms with Crippen molar-refractivity contribution in [2.24, 2.45) is 7.05 Å². The first-order valence-electron chi connectivity index (χ1n) is 7.43. The predicted molar refractivity (Wildman–Crippen MR) is 79.2 cm³/mol. The van der Waals surface area contributed by atoms with Crippen LogP contribution >= 0.6 is 0 Å². The Hall–Kier alpha value is -1.35. The average molecular weight is 257 g/mol. The predicted octanol–water partition coefficient (Wildman–Crippen LogP) is 3.51. The van der Waals surface area contributed by atoms with Crippen molar-refractivity contribution in [3.8, 4) is 0 Å². The molecule has 3 rings (SSSR count). The number of likely N-dealkylation sites (tertiary alicyclic amines) is 1. The van der Waals surface area contributed by atoms with Gasteiger partial charge in [-0.2, -0.15) is 0 Å². The summed E-state index contributed by atoms with van der Waals surface area (Å²) in [5.41, 5.74) is 2.35. The molecule has 1 fully saturated rings. The van der Waals surface area contributed by atoms with Crippen LogP contribution in [0.1, 0.15) is 44.5 Å². The van der Waals surface area contributed by atoms with E-state index < -0.39 is 0 Å². The van der Waals surface area contributed by atoms with Gasteiger partial charge in [0.2, 0.25) is 0 Å². The van der Waals surface area contributed by atoms with Crippen molar-refractivity contribution in [1.29, 1.82) is 0 Å². The Labute approximate surface area is 115 Å². The van der Waals surface area contributed by atoms with Crippen LogP contribution in [0.25, 0.3) is 11.0 Å². The van der Waals surface area contributed by atoms with Crippen LogP contribution in [0.4, 0.5) is 0 Å². The zero-order chi connectivity index (χ0) is 13.2. The number of fused-ring (bicyclic) bond motifs is 1. The molecule has 19 heavy (non-hydrogen) atoms. The molecule has 0 N–H and O–H groups in total. The SMILES string of the molecule is C[C@@H](c1nc2ccccc2n1C)N1CCCCCC1. The molecule has 1 atom stereocenters. The van der Waals surface area contributed by atoms with E-state index in [0.717, 1.165) is 5.52 Å². The van der Waals surface area contributed by atoms with Crippen LogP contribution in [-0.2, 0) is 7.05 Å². The number of aromatic nitrogens is 2. The fourth-order valence-corrected chi connectivity index (χ4v) is 3.18. The van der Waals surface area contributed by atoms with Gasteiger partial charge in [0.05, 0.1) is 17.1 Å². The van der Waals surface area contributed by atoms with Gasteiger partial charge in [-0.15, -0.1) is 0 Å². The molecular weight excluding hydrogens is 234 g/mol. The Morgan fingerprint density at radius 1 is 1.05 bits per heavy atom. The Bertz CT molecular complexity index is 550. The Morgan fingerprint density at radius 2 is 1.74 bits per heavy atom. The molecule has 1 aromatic heterocycles. The van der Waals surface area contributed by atoms with Crippen molar-refractivity contribution in [3.63, 3.8) is 0 Å². The third kappa shape index (κ3) is 2.39. The van der Waals surface area contributed by atoms with Crippen molar-refractivity contribution >= 4 is 11.0 Å². The minimum absolute atomic E-state index is 0.412. The van der Waals surface area contributed by atoms with Gasteiger partial charge in [-0.3, -0.25) is 4.90 Å². The van der Waals surface area contributed by atoms with Crippen molar-refractivity contribution in [1.82, 2.24) is 14.5 Å². The summed E-state index contributed by atoms with van der Waals surface area (Å²) < 4.78 is 2.25. The van der Waals surface area contributed by atoms with Gasteiger partial charge >= 0.3 is 0 Å². The number of imidazole rings is 1. The fraction of sp³-hybridized carbons (Fsp3) is 0.562. The van der Waals surface area contributed by atoms with Crippen LogP contribution in [0.2, 0.25) is 0 Å². The number of rotatable bonds is 2. The largest absolute Gasteiger partial charge is 0.330 e. The number of hydrogen-bond acceptors (Lipinski definition) is 2. The van der Waals surface area contributed by atoms with Crippen LogP contribution in [0.3, 0.4) is 0 Å². The summed E-state index contributed by atoms with van der Waals surface area (Å²) in [4.78, 5) is 7.43. The maximum absolute atomic E-state index is 4.84. The molecule has 3 nitrogen and oxygen atoms in total. The minimum Gasteiger partial charge on any atom is -0.330 e. The standard InChI is InChI=1S/C16H23N3/c1-13(19-11-7-3-4-8-12-19)16-17-14-9-5-6-10-15(14)18(16)2/h5-6,9-10,13H,3-4,7-8,11-12H2,1-2H3/t13-/m0/s1. The van der Waals surface area contributed by atoms with E-state index in [1.165, 1.54) is 50.1 Å². The van der Waals surface area contributed by atoms with Gasteiger partial charge in [-0.1, -0.05) is 25.0 Å². The second-order valence-corrected chi connectivity index (χ2v) is 5.64. The van der Waals surface area contributed by atoms with Crippen LogP contribution < -0.4 is 0 Å². The third-order valence-corrected chi connectivity index (χ3v) is 4.38. The van der Waals surface area contributed by atoms with Crippen LogP contribution in [0.15, 0.2) is 24.3 Å². The summed E-state index contributed by atoms with van der Waals surface area (Å²) in [5, 5.41) is 0. The van der Waals surface area contributed by atoms with E-state index in [4.69, 9.17) is 4.98 Å². The maximum atomic E-state index is 4.84. The summed E-state index contributed by atoms with van der Waals surface area (Å²) in [5.74, 6) is 1.20. The van der Waals surface area contributed by atoms with E-state index in [9.17, 15) is 0 Å². The average Bonchev–Trinajstić information content (AvgIpc) is 2.64. The summed E-state index contributed by atoms with van der Waals surface area (Å²) in [6.07, 6.45) is 5.42. The quantitative estimate of drug-likeness (QED) is 0.821. The summed E-state index contributed by atoms with van der Waals surface area (Å²) >= 11 is 0. The highest BCUT2D eigenvalue weighted by atomic mass is 15.2. The van der Waals surface area contributed by atoms with Gasteiger partial charge < -0.3 is 4.57 Å². The molecule has 0 saturated carbocycles. The molecule has 0 amide bonds. The van der Waals surface area contributed by atoms with Crippen LogP contribution in [-0.4, -0.2) is 27.5 Å². The minimum atomic E-state index is 0.412. The number of nitrogens with zero attached hydrogens (tertiary/aromatic N) is 3. The van der Waals surface area contributed by atoms with Gasteiger partial charge in [0.1, 0.15) is 5.82 Å². The molecule has 1 aliphatic heterocycles. The molecule has 0 unspecified atom stereocenters. The van der Waals surface area contributed by atoms with Crippen molar-refractivity contribution in [3.05, 3.63) is 30.1 Å². The van der Waals surface area contributed by atoms with Crippen molar-refractivity contribution in [2.45, 2.75) is 38.6 Å². The zero-order valence-electron chi connectivity index (χ0n) is 12.0. The highest BCUT2D eigenvalue weighted by Gasteiger charge is 2.21. The molecule has 1 aliphatic rings. The number of para-hydroxylation sites is 2. The van der Waals surface area contributed by atoms with E-state index in [1.54, 1.807) is 0 Å². The lowest BCUT2D eigenvalue weighted by molar-refractivity contribution is 0.209. The molecule has 0 bridgehead atoms. The van der Waals surface area contributed by atoms with E-state index >= 15 is 0 Å². The highest BCUT2D eigenvalue weighted by Crippen LogP contribution is 2.25. The molecular formula is C16H23N3. The second kappa shape index (κ2) is 5.33. The van der Waals surface area contributed by atoms with E-state index in [2.05, 4.69) is 47.7 Å². The normalized spacial score (nSPS) is 19.5. The number of aryl methyl sites for hydroxylation is 1. The van der Waals surface area contributed by atoms with E-state index in [-0.39, 0.29) is 0 Å². The molecule has 0 spiro atoms. The smallest absolute Gasteiger partial charge is 0.126 e. The van der Waals surface area contributed by atoms with Gasteiger partial charge in [0.15, 0.2) is 0 Å². The lowest BCUT2D eigenvalue weighted by Gasteiger charge is -2.27. The first-order chi connectivity index (χ1) is 9.27. The molecule has 102 valence electrons. The molecule has 0 aliphatic carbocycles. The molecule has 1 saturated heterocycles. The van der Waals surface area contributed by atoms with Gasteiger partial charge in [-0.25, -0.2) is 4.98 Å². The molecule has 3 heteroatoms. The van der Waals surface area contributed by atoms with E-state index in [1.807, 2.05) is 0 Å². The lowest BCUT2D eigenvalue weighted by atomic mass is 10.2. The Kier molecular flexibility index (Phi) is 3.56. The van der Waals surface area contributed by atoms with Crippen LogP contribution in [0, 0.1) is 0 Å². The Morgan fingerprint density at radius 3 is 2.42 bits per heavy atom. The summed E-state index contributed by atoms with van der Waals surface area (Å²) in [6, 6.07) is 8.82. The first kappa shape index (κ1) is 12.7. The van der Waals surface area contributed by atoms with Crippen molar-refractivity contribution in [2.75, 3.05) is 13.1 Å². The maximum Gasteiger partial charge on any atom is 0.126 e. The lowest BCUT2D eigenvalue weighted by Crippen LogP contribution is -2.29. The number of hydrogen-bond donors (Lipinski definition) is 0. The summed E-state index contributed by atoms with van der Waals surface area (Å²) in [7, 11) is 2.14. The molecule has 2 aromatic rings. The highest BCUT2D eigenvalue weighted by molar-refractivity contribution is 5.75. The number of benzene rings is 1.